The molecule has 0 unspecified atom stereocenters. The van der Waals surface area contributed by atoms with E-state index in [1.165, 1.54) is 165 Å². The third-order valence-electron chi connectivity index (χ3n) is 8.62. The molecule has 2 aromatic heterocycles. The lowest BCUT2D eigenvalue weighted by atomic mass is 10.1. The summed E-state index contributed by atoms with van der Waals surface area (Å²) in [6.45, 7) is 6.88. The van der Waals surface area contributed by atoms with Crippen LogP contribution in [0.4, 0.5) is 0 Å². The van der Waals surface area contributed by atoms with Crippen LogP contribution in [0, 0.1) is 0 Å². The lowest BCUT2D eigenvalue weighted by molar-refractivity contribution is -0.697. The van der Waals surface area contributed by atoms with E-state index in [4.69, 9.17) is 0 Å². The first-order valence-corrected chi connectivity index (χ1v) is 17.8. The minimum absolute atomic E-state index is 0. The van der Waals surface area contributed by atoms with Crippen molar-refractivity contribution < 1.29 is 43.1 Å². The Morgan fingerprint density at radius 3 is 1.14 bits per heavy atom. The summed E-state index contributed by atoms with van der Waals surface area (Å²) < 4.78 is 4.75. The Morgan fingerprint density at radius 2 is 0.738 bits per heavy atom. The fourth-order valence-corrected chi connectivity index (χ4v) is 5.90. The van der Waals surface area contributed by atoms with Crippen LogP contribution in [-0.4, -0.2) is 0 Å². The minimum atomic E-state index is 0. The number of hydrogen-bond donors (Lipinski definition) is 0. The van der Waals surface area contributed by atoms with Gasteiger partial charge < -0.3 is 34.0 Å². The van der Waals surface area contributed by atoms with Gasteiger partial charge in [-0.1, -0.05) is 142 Å². The van der Waals surface area contributed by atoms with Crippen LogP contribution in [0.15, 0.2) is 49.1 Å². The predicted molar refractivity (Wildman–Crippen MR) is 174 cm³/mol. The van der Waals surface area contributed by atoms with Crippen LogP contribution in [0.25, 0.3) is 11.1 Å². The molecule has 0 spiro atoms. The highest BCUT2D eigenvalue weighted by atomic mass is 79.9. The normalized spacial score (nSPS) is 10.8. The molecule has 0 amide bonds. The van der Waals surface area contributed by atoms with Gasteiger partial charge in [0.25, 0.3) is 0 Å². The summed E-state index contributed by atoms with van der Waals surface area (Å²) in [5, 5.41) is 0. The lowest BCUT2D eigenvalue weighted by Gasteiger charge is -2.04. The summed E-state index contributed by atoms with van der Waals surface area (Å²) in [6.07, 6.45) is 43.0. The van der Waals surface area contributed by atoms with Gasteiger partial charge in [0.05, 0.1) is 0 Å². The molecular formula is C38H66Br2N2. The van der Waals surface area contributed by atoms with E-state index in [2.05, 4.69) is 72.0 Å². The molecule has 0 bridgehead atoms. The number of pyridine rings is 2. The molecule has 2 heterocycles. The maximum absolute atomic E-state index is 2.39. The molecule has 4 heteroatoms. The van der Waals surface area contributed by atoms with Gasteiger partial charge in [0.15, 0.2) is 24.8 Å². The monoisotopic (exact) mass is 708 g/mol. The first-order chi connectivity index (χ1) is 19.8. The van der Waals surface area contributed by atoms with Gasteiger partial charge in [0.1, 0.15) is 13.1 Å². The molecule has 0 aromatic carbocycles. The average molecular weight is 711 g/mol. The second-order valence-electron chi connectivity index (χ2n) is 12.4. The Labute approximate surface area is 283 Å². The van der Waals surface area contributed by atoms with Crippen LogP contribution in [0.3, 0.4) is 0 Å². The molecule has 2 aromatic rings. The molecule has 0 N–H and O–H groups in total. The van der Waals surface area contributed by atoms with Gasteiger partial charge in [-0.05, 0) is 24.5 Å². The molecule has 0 atom stereocenters. The molecule has 42 heavy (non-hydrogen) atoms. The largest absolute Gasteiger partial charge is 1.00 e. The van der Waals surface area contributed by atoms with Gasteiger partial charge in [0, 0.05) is 36.6 Å². The van der Waals surface area contributed by atoms with E-state index < -0.39 is 0 Å². The van der Waals surface area contributed by atoms with E-state index in [9.17, 15) is 0 Å². The average Bonchev–Trinajstić information content (AvgIpc) is 2.99. The van der Waals surface area contributed by atoms with E-state index >= 15 is 0 Å². The quantitative estimate of drug-likeness (QED) is 0.0875. The van der Waals surface area contributed by atoms with Crippen molar-refractivity contribution in [2.24, 2.45) is 0 Å². The zero-order valence-corrected chi connectivity index (χ0v) is 30.8. The van der Waals surface area contributed by atoms with E-state index in [-0.39, 0.29) is 34.0 Å². The highest BCUT2D eigenvalue weighted by Crippen LogP contribution is 2.16. The molecule has 0 saturated carbocycles. The van der Waals surface area contributed by atoms with Gasteiger partial charge in [-0.2, -0.15) is 0 Å². The Bertz CT molecular complexity index is 824. The van der Waals surface area contributed by atoms with Crippen molar-refractivity contribution in [3.05, 3.63) is 49.1 Å². The number of halogens is 2. The first kappa shape index (κ1) is 41.3. The van der Waals surface area contributed by atoms with E-state index in [0.717, 1.165) is 13.1 Å². The molecule has 242 valence electrons. The fraction of sp³-hybridized carbons (Fsp3) is 0.737. The summed E-state index contributed by atoms with van der Waals surface area (Å²) >= 11 is 0. The van der Waals surface area contributed by atoms with Crippen molar-refractivity contribution in [3.8, 4) is 11.1 Å². The maximum atomic E-state index is 2.39. The van der Waals surface area contributed by atoms with Crippen molar-refractivity contribution in [1.29, 1.82) is 0 Å². The number of aromatic nitrogens is 2. The second-order valence-corrected chi connectivity index (χ2v) is 12.4. The Hall–Kier alpha value is -0.740. The highest BCUT2D eigenvalue weighted by molar-refractivity contribution is 5.60. The molecule has 0 fully saturated rings. The number of hydrogen-bond acceptors (Lipinski definition) is 0. The number of nitrogens with zero attached hydrogens (tertiary/aromatic N) is 2. The van der Waals surface area contributed by atoms with Crippen molar-refractivity contribution in [2.45, 2.75) is 181 Å². The molecule has 0 aliphatic rings. The molecule has 2 rings (SSSR count). The van der Waals surface area contributed by atoms with Gasteiger partial charge in [-0.15, -0.1) is 0 Å². The number of unbranched alkanes of at least 4 members (excludes halogenated alkanes) is 22. The van der Waals surface area contributed by atoms with Crippen molar-refractivity contribution in [3.63, 3.8) is 0 Å². The summed E-state index contributed by atoms with van der Waals surface area (Å²) in [6, 6.07) is 9.06. The van der Waals surface area contributed by atoms with E-state index in [1.807, 2.05) is 0 Å². The summed E-state index contributed by atoms with van der Waals surface area (Å²) in [5.41, 5.74) is 2.66. The van der Waals surface area contributed by atoms with Crippen LogP contribution < -0.4 is 43.1 Å². The third kappa shape index (κ3) is 21.9. The second kappa shape index (κ2) is 30.3. The minimum Gasteiger partial charge on any atom is -1.00 e. The zero-order chi connectivity index (χ0) is 28.4. The molecule has 0 radical (unpaired) electrons. The van der Waals surface area contributed by atoms with Crippen LogP contribution in [0.5, 0.6) is 0 Å². The maximum Gasteiger partial charge on any atom is 0.176 e. The van der Waals surface area contributed by atoms with Crippen LogP contribution >= 0.6 is 0 Å². The van der Waals surface area contributed by atoms with Crippen LogP contribution in [-0.2, 0) is 13.1 Å². The molecule has 0 aliphatic carbocycles. The lowest BCUT2D eigenvalue weighted by Crippen LogP contribution is -3.00. The van der Waals surface area contributed by atoms with Crippen LogP contribution in [0.1, 0.15) is 168 Å². The van der Waals surface area contributed by atoms with Gasteiger partial charge >= 0.3 is 0 Å². The van der Waals surface area contributed by atoms with Crippen molar-refractivity contribution in [2.75, 3.05) is 0 Å². The van der Waals surface area contributed by atoms with Gasteiger partial charge in [0.2, 0.25) is 0 Å². The number of rotatable bonds is 27. The Balaban J connectivity index is 0.00000840. The Morgan fingerprint density at radius 1 is 0.381 bits per heavy atom. The van der Waals surface area contributed by atoms with Gasteiger partial charge in [-0.25, -0.2) is 9.13 Å². The molecule has 0 aliphatic heterocycles. The van der Waals surface area contributed by atoms with Crippen LogP contribution in [0.2, 0.25) is 0 Å². The van der Waals surface area contributed by atoms with E-state index in [0.29, 0.717) is 0 Å². The molecule has 2 nitrogen and oxygen atoms in total. The third-order valence-corrected chi connectivity index (χ3v) is 8.62. The van der Waals surface area contributed by atoms with Crippen molar-refractivity contribution in [1.82, 2.24) is 0 Å². The number of aryl methyl sites for hydroxylation is 2. The highest BCUT2D eigenvalue weighted by Gasteiger charge is 2.08. The topological polar surface area (TPSA) is 7.76 Å². The fourth-order valence-electron chi connectivity index (χ4n) is 5.90. The Kier molecular flexibility index (Phi) is 29.8. The van der Waals surface area contributed by atoms with E-state index in [1.54, 1.807) is 0 Å². The van der Waals surface area contributed by atoms with Gasteiger partial charge in [-0.3, -0.25) is 0 Å². The SMILES string of the molecule is CCCCCCCCCCCCCC[n+]1ccc(-c2ccc[n+](CCCCCCCCCCCCCC)c2)cc1.[Br-].[Br-]. The zero-order valence-electron chi connectivity index (χ0n) is 27.7. The summed E-state index contributed by atoms with van der Waals surface area (Å²) in [5.74, 6) is 0. The molecular weight excluding hydrogens is 644 g/mol. The summed E-state index contributed by atoms with van der Waals surface area (Å²) in [7, 11) is 0. The summed E-state index contributed by atoms with van der Waals surface area (Å²) in [4.78, 5) is 0. The molecule has 0 saturated heterocycles. The first-order valence-electron chi connectivity index (χ1n) is 17.8. The van der Waals surface area contributed by atoms with Crippen molar-refractivity contribution >= 4 is 0 Å². The predicted octanol–water partition coefficient (Wildman–Crippen LogP) is 5.34. The standard InChI is InChI=1S/C38H66N2.2BrH/c1-3-5-7-9-11-13-15-17-19-21-23-25-31-39-34-29-37(30-35-39)38-28-27-33-40(36-38)32-26-24-22-20-18-16-14-12-10-8-6-4-2;;/h27-30,33-36H,3-26,31-32H2,1-2H3;2*1H/q+2;;/p-2. The smallest absolute Gasteiger partial charge is 0.176 e.